The average molecular weight is 333 g/mol. The van der Waals surface area contributed by atoms with Crippen molar-refractivity contribution in [3.63, 3.8) is 0 Å². The van der Waals surface area contributed by atoms with Gasteiger partial charge in [0.05, 0.1) is 30.1 Å². The molecule has 0 atom stereocenters. The molecule has 0 amide bonds. The molecule has 1 aromatic carbocycles. The molecule has 0 saturated heterocycles. The summed E-state index contributed by atoms with van der Waals surface area (Å²) in [5.41, 5.74) is 5.05. The van der Waals surface area contributed by atoms with E-state index in [9.17, 15) is 5.26 Å². The van der Waals surface area contributed by atoms with Gasteiger partial charge in [-0.15, -0.1) is 11.3 Å². The van der Waals surface area contributed by atoms with Crippen molar-refractivity contribution < 1.29 is 4.42 Å². The van der Waals surface area contributed by atoms with Gasteiger partial charge >= 0.3 is 0 Å². The van der Waals surface area contributed by atoms with E-state index in [0.29, 0.717) is 6.42 Å². The number of imidazole rings is 1. The Morgan fingerprint density at radius 3 is 2.75 bits per heavy atom. The monoisotopic (exact) mass is 333 g/mol. The van der Waals surface area contributed by atoms with Gasteiger partial charge in [0, 0.05) is 10.9 Å². The highest BCUT2D eigenvalue weighted by Gasteiger charge is 2.19. The van der Waals surface area contributed by atoms with Gasteiger partial charge in [0.25, 0.3) is 0 Å². The van der Waals surface area contributed by atoms with Gasteiger partial charge in [-0.1, -0.05) is 31.2 Å². The minimum atomic E-state index is 0.302. The van der Waals surface area contributed by atoms with E-state index < -0.39 is 0 Å². The van der Waals surface area contributed by atoms with Gasteiger partial charge in [-0.3, -0.25) is 4.40 Å². The van der Waals surface area contributed by atoms with Crippen molar-refractivity contribution in [3.05, 3.63) is 59.3 Å². The molecular weight excluding hydrogens is 318 g/mol. The number of fused-ring (bicyclic) bond motifs is 1. The van der Waals surface area contributed by atoms with Crippen LogP contribution in [0.1, 0.15) is 18.2 Å². The highest BCUT2D eigenvalue weighted by atomic mass is 32.1. The summed E-state index contributed by atoms with van der Waals surface area (Å²) in [6.45, 7) is 2.14. The van der Waals surface area contributed by atoms with Crippen molar-refractivity contribution >= 4 is 16.3 Å². The molecule has 0 aliphatic rings. The Morgan fingerprint density at radius 1 is 1.25 bits per heavy atom. The molecule has 24 heavy (non-hydrogen) atoms. The zero-order valence-corrected chi connectivity index (χ0v) is 14.0. The predicted octanol–water partition coefficient (Wildman–Crippen LogP) is 4.95. The van der Waals surface area contributed by atoms with Crippen molar-refractivity contribution in [3.8, 4) is 28.8 Å². The van der Waals surface area contributed by atoms with Gasteiger partial charge in [-0.25, -0.2) is 4.98 Å². The zero-order valence-electron chi connectivity index (χ0n) is 13.2. The van der Waals surface area contributed by atoms with E-state index in [-0.39, 0.29) is 0 Å². The average Bonchev–Trinajstić information content (AvgIpc) is 3.32. The van der Waals surface area contributed by atoms with E-state index in [0.717, 1.165) is 39.8 Å². The third kappa shape index (κ3) is 2.32. The van der Waals surface area contributed by atoms with Crippen LogP contribution in [-0.4, -0.2) is 9.38 Å². The Hall–Kier alpha value is -2.84. The van der Waals surface area contributed by atoms with E-state index in [4.69, 9.17) is 9.40 Å². The fourth-order valence-electron chi connectivity index (χ4n) is 2.88. The lowest BCUT2D eigenvalue weighted by atomic mass is 10.1. The summed E-state index contributed by atoms with van der Waals surface area (Å²) in [5.74, 6) is 0.783. The largest absolute Gasteiger partial charge is 0.463 e. The lowest BCUT2D eigenvalue weighted by Crippen LogP contribution is -1.94. The molecule has 0 aliphatic carbocycles. The second kappa shape index (κ2) is 5.99. The van der Waals surface area contributed by atoms with Crippen LogP contribution >= 0.6 is 11.3 Å². The number of nitrogens with zero attached hydrogens (tertiary/aromatic N) is 3. The zero-order chi connectivity index (χ0) is 16.5. The molecule has 118 valence electrons. The molecular formula is C19H15N3OS. The molecule has 3 heterocycles. The van der Waals surface area contributed by atoms with E-state index in [1.807, 2.05) is 21.9 Å². The van der Waals surface area contributed by atoms with Crippen LogP contribution in [0.3, 0.4) is 0 Å². The third-order valence-corrected chi connectivity index (χ3v) is 4.94. The molecule has 4 aromatic rings. The summed E-state index contributed by atoms with van der Waals surface area (Å²) in [6, 6.07) is 14.5. The Balaban J connectivity index is 1.92. The van der Waals surface area contributed by atoms with Gasteiger partial charge < -0.3 is 4.42 Å². The molecule has 4 nitrogen and oxygen atoms in total. The van der Waals surface area contributed by atoms with Crippen LogP contribution in [0.25, 0.3) is 27.7 Å². The lowest BCUT2D eigenvalue weighted by Gasteiger charge is -2.04. The summed E-state index contributed by atoms with van der Waals surface area (Å²) in [5, 5.41) is 11.3. The number of thiazole rings is 1. The first-order valence-electron chi connectivity index (χ1n) is 7.80. The summed E-state index contributed by atoms with van der Waals surface area (Å²) in [6.07, 6.45) is 2.97. The smallest absolute Gasteiger partial charge is 0.195 e. The number of hydrogen-bond acceptors (Lipinski definition) is 4. The van der Waals surface area contributed by atoms with Crippen LogP contribution in [0.2, 0.25) is 0 Å². The number of nitriles is 1. The number of aryl methyl sites for hydroxylation is 1. The highest BCUT2D eigenvalue weighted by Crippen LogP contribution is 2.33. The Bertz CT molecular complexity index is 1020. The van der Waals surface area contributed by atoms with Crippen molar-refractivity contribution in [2.45, 2.75) is 19.8 Å². The van der Waals surface area contributed by atoms with Crippen molar-refractivity contribution in [2.24, 2.45) is 0 Å². The second-order valence-electron chi connectivity index (χ2n) is 5.51. The molecule has 0 saturated carbocycles. The first-order valence-corrected chi connectivity index (χ1v) is 8.68. The van der Waals surface area contributed by atoms with Crippen LogP contribution in [-0.2, 0) is 12.8 Å². The number of furan rings is 1. The standard InChI is InChI=1S/C19H15N3OS/c1-2-13-5-7-14(8-6-13)18-15(9-10-20)22-16(12-24-19(22)21-18)17-4-3-11-23-17/h3-8,11-12H,2,9H2,1H3. The highest BCUT2D eigenvalue weighted by molar-refractivity contribution is 7.15. The molecule has 0 fully saturated rings. The number of rotatable bonds is 4. The third-order valence-electron chi connectivity index (χ3n) is 4.11. The first kappa shape index (κ1) is 14.7. The Morgan fingerprint density at radius 2 is 2.08 bits per heavy atom. The minimum Gasteiger partial charge on any atom is -0.463 e. The number of benzene rings is 1. The quantitative estimate of drug-likeness (QED) is 0.531. The SMILES string of the molecule is CCc1ccc(-c2nc3scc(-c4ccco4)n3c2CC#N)cc1. The summed E-state index contributed by atoms with van der Waals surface area (Å²) in [4.78, 5) is 5.65. The molecule has 0 unspecified atom stereocenters. The van der Waals surface area contributed by atoms with Gasteiger partial charge in [-0.05, 0) is 24.1 Å². The molecule has 0 N–H and O–H groups in total. The fraction of sp³-hybridized carbons (Fsp3) is 0.158. The van der Waals surface area contributed by atoms with Crippen LogP contribution in [0, 0.1) is 11.3 Å². The van der Waals surface area contributed by atoms with E-state index >= 15 is 0 Å². The normalized spacial score (nSPS) is 11.0. The van der Waals surface area contributed by atoms with Crippen LogP contribution in [0.4, 0.5) is 0 Å². The van der Waals surface area contributed by atoms with Gasteiger partial charge in [0.2, 0.25) is 0 Å². The van der Waals surface area contributed by atoms with Gasteiger partial charge in [0.15, 0.2) is 10.7 Å². The molecule has 0 spiro atoms. The van der Waals surface area contributed by atoms with Gasteiger partial charge in [0.1, 0.15) is 5.69 Å². The predicted molar refractivity (Wildman–Crippen MR) is 94.9 cm³/mol. The maximum Gasteiger partial charge on any atom is 0.195 e. The van der Waals surface area contributed by atoms with Crippen molar-refractivity contribution in [1.29, 1.82) is 5.26 Å². The molecule has 0 radical (unpaired) electrons. The van der Waals surface area contributed by atoms with Crippen LogP contribution in [0.5, 0.6) is 0 Å². The number of aromatic nitrogens is 2. The molecule has 5 heteroatoms. The molecule has 0 aliphatic heterocycles. The second-order valence-corrected chi connectivity index (χ2v) is 6.35. The number of hydrogen-bond donors (Lipinski definition) is 0. The molecule has 3 aromatic heterocycles. The van der Waals surface area contributed by atoms with Gasteiger partial charge in [-0.2, -0.15) is 5.26 Å². The maximum absolute atomic E-state index is 9.30. The molecule has 0 bridgehead atoms. The summed E-state index contributed by atoms with van der Waals surface area (Å²) >= 11 is 1.56. The summed E-state index contributed by atoms with van der Waals surface area (Å²) in [7, 11) is 0. The van der Waals surface area contributed by atoms with Crippen LogP contribution in [0.15, 0.2) is 52.5 Å². The van der Waals surface area contributed by atoms with Crippen molar-refractivity contribution in [1.82, 2.24) is 9.38 Å². The van der Waals surface area contributed by atoms with E-state index in [2.05, 4.69) is 37.3 Å². The maximum atomic E-state index is 9.30. The first-order chi connectivity index (χ1) is 11.8. The fourth-order valence-corrected chi connectivity index (χ4v) is 3.78. The lowest BCUT2D eigenvalue weighted by molar-refractivity contribution is 0.579. The van der Waals surface area contributed by atoms with Crippen molar-refractivity contribution in [2.75, 3.05) is 0 Å². The van der Waals surface area contributed by atoms with E-state index in [1.165, 1.54) is 5.56 Å². The molecule has 4 rings (SSSR count). The Labute approximate surface area is 143 Å². The van der Waals surface area contributed by atoms with E-state index in [1.54, 1.807) is 17.6 Å². The Kier molecular flexibility index (Phi) is 3.68. The minimum absolute atomic E-state index is 0.302. The van der Waals surface area contributed by atoms with Crippen LogP contribution < -0.4 is 0 Å². The topological polar surface area (TPSA) is 54.2 Å². The summed E-state index contributed by atoms with van der Waals surface area (Å²) < 4.78 is 7.58.